The lowest BCUT2D eigenvalue weighted by Gasteiger charge is -2.13. The van der Waals surface area contributed by atoms with Crippen molar-refractivity contribution in [3.63, 3.8) is 0 Å². The number of benzene rings is 2. The van der Waals surface area contributed by atoms with Crippen molar-refractivity contribution in [3.8, 4) is 5.75 Å². The zero-order chi connectivity index (χ0) is 17.7. The monoisotopic (exact) mass is 350 g/mol. The summed E-state index contributed by atoms with van der Waals surface area (Å²) in [7, 11) is -3.97. The van der Waals surface area contributed by atoms with Crippen LogP contribution in [0.2, 0.25) is 0 Å². The first-order valence-corrected chi connectivity index (χ1v) is 8.83. The van der Waals surface area contributed by atoms with Gasteiger partial charge >= 0.3 is 0 Å². The number of hydrogen-bond donors (Lipinski definition) is 1. The highest BCUT2D eigenvalue weighted by Gasteiger charge is 2.21. The molecule has 8 heteroatoms. The van der Waals surface area contributed by atoms with Crippen molar-refractivity contribution in [3.05, 3.63) is 58.1 Å². The summed E-state index contributed by atoms with van der Waals surface area (Å²) in [6, 6.07) is 10.4. The summed E-state index contributed by atoms with van der Waals surface area (Å²) in [6.07, 6.45) is 0.783. The summed E-state index contributed by atoms with van der Waals surface area (Å²) < 4.78 is 33.0. The zero-order valence-electron chi connectivity index (χ0n) is 13.4. The van der Waals surface area contributed by atoms with Crippen LogP contribution in [-0.2, 0) is 10.0 Å². The van der Waals surface area contributed by atoms with Gasteiger partial charge in [0.2, 0.25) is 0 Å². The van der Waals surface area contributed by atoms with Gasteiger partial charge in [-0.2, -0.15) is 0 Å². The number of sulfonamides is 1. The van der Waals surface area contributed by atoms with Crippen molar-refractivity contribution >= 4 is 21.4 Å². The summed E-state index contributed by atoms with van der Waals surface area (Å²) >= 11 is 0. The van der Waals surface area contributed by atoms with Crippen LogP contribution in [0.25, 0.3) is 0 Å². The van der Waals surface area contributed by atoms with E-state index in [9.17, 15) is 18.5 Å². The minimum absolute atomic E-state index is 0.176. The highest BCUT2D eigenvalue weighted by molar-refractivity contribution is 7.92. The maximum Gasteiger partial charge on any atom is 0.273 e. The number of nitro benzene ring substituents is 1. The molecule has 1 N–H and O–H groups in total. The van der Waals surface area contributed by atoms with E-state index in [4.69, 9.17) is 4.74 Å². The maximum absolute atomic E-state index is 12.5. The first-order chi connectivity index (χ1) is 11.3. The van der Waals surface area contributed by atoms with Crippen molar-refractivity contribution in [1.82, 2.24) is 0 Å². The molecule has 0 saturated carbocycles. The Bertz CT molecular complexity index is 849. The van der Waals surface area contributed by atoms with Gasteiger partial charge in [-0.15, -0.1) is 0 Å². The van der Waals surface area contributed by atoms with Crippen LogP contribution in [0.4, 0.5) is 11.4 Å². The fourth-order valence-corrected chi connectivity index (χ4v) is 3.14. The van der Waals surface area contributed by atoms with Crippen LogP contribution >= 0.6 is 0 Å². The minimum atomic E-state index is -3.97. The Hall–Kier alpha value is -2.61. The number of rotatable bonds is 7. The van der Waals surface area contributed by atoms with Crippen LogP contribution in [0.15, 0.2) is 47.4 Å². The highest BCUT2D eigenvalue weighted by Crippen LogP contribution is 2.28. The highest BCUT2D eigenvalue weighted by atomic mass is 32.2. The Kier molecular flexibility index (Phi) is 5.40. The van der Waals surface area contributed by atoms with Crippen LogP contribution in [-0.4, -0.2) is 19.9 Å². The third kappa shape index (κ3) is 4.02. The molecule has 2 aromatic rings. The van der Waals surface area contributed by atoms with E-state index >= 15 is 0 Å². The molecule has 0 aliphatic heterocycles. The van der Waals surface area contributed by atoms with Crippen LogP contribution in [0, 0.1) is 17.0 Å². The summed E-state index contributed by atoms with van der Waals surface area (Å²) in [6.45, 7) is 3.95. The van der Waals surface area contributed by atoms with E-state index in [1.165, 1.54) is 12.1 Å². The van der Waals surface area contributed by atoms with Crippen LogP contribution < -0.4 is 9.46 Å². The molecule has 0 unspecified atom stereocenters. The zero-order valence-corrected chi connectivity index (χ0v) is 14.2. The molecule has 0 aliphatic rings. The molecule has 0 saturated heterocycles. The minimum Gasteiger partial charge on any atom is -0.491 e. The Morgan fingerprint density at radius 2 is 1.92 bits per heavy atom. The van der Waals surface area contributed by atoms with Gasteiger partial charge in [0.05, 0.1) is 22.1 Å². The van der Waals surface area contributed by atoms with Crippen LogP contribution in [0.3, 0.4) is 0 Å². The second-order valence-corrected chi connectivity index (χ2v) is 6.84. The van der Waals surface area contributed by atoms with E-state index in [1.54, 1.807) is 31.2 Å². The van der Waals surface area contributed by atoms with Crippen molar-refractivity contribution in [2.45, 2.75) is 25.2 Å². The largest absolute Gasteiger partial charge is 0.491 e. The normalized spacial score (nSPS) is 11.1. The van der Waals surface area contributed by atoms with Crippen molar-refractivity contribution in [1.29, 1.82) is 0 Å². The molecule has 0 fully saturated rings. The first-order valence-electron chi connectivity index (χ1n) is 7.35. The third-order valence-electron chi connectivity index (χ3n) is 3.28. The molecule has 2 rings (SSSR count). The number of aryl methyl sites for hydroxylation is 1. The molecule has 0 amide bonds. The summed E-state index contributed by atoms with van der Waals surface area (Å²) in [5.41, 5.74) is 0.438. The van der Waals surface area contributed by atoms with Gasteiger partial charge in [-0.1, -0.05) is 25.1 Å². The molecule has 0 heterocycles. The van der Waals surface area contributed by atoms with Crippen molar-refractivity contribution < 1.29 is 18.1 Å². The topological polar surface area (TPSA) is 98.5 Å². The second kappa shape index (κ2) is 7.31. The predicted molar refractivity (Wildman–Crippen MR) is 90.9 cm³/mol. The standard InChI is InChI=1S/C16H18N2O5S/c1-3-10-23-16-7-5-4-6-14(16)17-24(21,22)13-9-8-12(2)15(11-13)18(19)20/h4-9,11,17H,3,10H2,1-2H3. The average Bonchev–Trinajstić information content (AvgIpc) is 2.53. The molecule has 128 valence electrons. The Labute approximate surface area is 140 Å². The third-order valence-corrected chi connectivity index (χ3v) is 4.64. The van der Waals surface area contributed by atoms with Crippen molar-refractivity contribution in [2.75, 3.05) is 11.3 Å². The van der Waals surface area contributed by atoms with E-state index in [0.29, 0.717) is 17.9 Å². The first kappa shape index (κ1) is 17.7. The molecule has 0 atom stereocenters. The Balaban J connectivity index is 2.36. The molecule has 0 spiro atoms. The van der Waals surface area contributed by atoms with Gasteiger partial charge in [-0.3, -0.25) is 14.8 Å². The Morgan fingerprint density at radius 1 is 1.21 bits per heavy atom. The number of anilines is 1. The lowest BCUT2D eigenvalue weighted by atomic mass is 10.2. The van der Waals surface area contributed by atoms with E-state index in [1.807, 2.05) is 6.92 Å². The van der Waals surface area contributed by atoms with Gasteiger partial charge < -0.3 is 4.74 Å². The van der Waals surface area contributed by atoms with Gasteiger partial charge in [0, 0.05) is 11.6 Å². The summed E-state index contributed by atoms with van der Waals surface area (Å²) in [4.78, 5) is 10.2. The average molecular weight is 350 g/mol. The van der Waals surface area contributed by atoms with E-state index in [0.717, 1.165) is 12.5 Å². The molecule has 0 bridgehead atoms. The van der Waals surface area contributed by atoms with E-state index in [2.05, 4.69) is 4.72 Å². The fraction of sp³-hybridized carbons (Fsp3) is 0.250. The molecule has 2 aromatic carbocycles. The summed E-state index contributed by atoms with van der Waals surface area (Å²) in [5.74, 6) is 0.407. The SMILES string of the molecule is CCCOc1ccccc1NS(=O)(=O)c1ccc(C)c([N+](=O)[O-])c1. The molecular formula is C16H18N2O5S. The maximum atomic E-state index is 12.5. The number of nitro groups is 1. The van der Waals surface area contributed by atoms with Gasteiger partial charge in [-0.25, -0.2) is 8.42 Å². The smallest absolute Gasteiger partial charge is 0.273 e. The second-order valence-electron chi connectivity index (χ2n) is 5.16. The predicted octanol–water partition coefficient (Wildman–Crippen LogP) is 3.49. The van der Waals surface area contributed by atoms with Crippen LogP contribution in [0.5, 0.6) is 5.75 Å². The number of nitrogens with zero attached hydrogens (tertiary/aromatic N) is 1. The fourth-order valence-electron chi connectivity index (χ4n) is 2.05. The number of para-hydroxylation sites is 2. The van der Waals surface area contributed by atoms with Crippen molar-refractivity contribution in [2.24, 2.45) is 0 Å². The molecule has 0 aliphatic carbocycles. The Morgan fingerprint density at radius 3 is 2.58 bits per heavy atom. The van der Waals surface area contributed by atoms with Crippen LogP contribution in [0.1, 0.15) is 18.9 Å². The number of ether oxygens (including phenoxy) is 1. The van der Waals surface area contributed by atoms with Gasteiger partial charge in [0.1, 0.15) is 5.75 Å². The molecule has 0 aromatic heterocycles. The number of hydrogen-bond acceptors (Lipinski definition) is 5. The van der Waals surface area contributed by atoms with E-state index < -0.39 is 14.9 Å². The lowest BCUT2D eigenvalue weighted by Crippen LogP contribution is -2.14. The van der Waals surface area contributed by atoms with Gasteiger partial charge in [-0.05, 0) is 31.5 Å². The van der Waals surface area contributed by atoms with Gasteiger partial charge in [0.15, 0.2) is 0 Å². The summed E-state index contributed by atoms with van der Waals surface area (Å²) in [5, 5.41) is 11.0. The number of nitrogens with one attached hydrogen (secondary N) is 1. The molecule has 7 nitrogen and oxygen atoms in total. The van der Waals surface area contributed by atoms with Gasteiger partial charge in [0.25, 0.3) is 15.7 Å². The quantitative estimate of drug-likeness (QED) is 0.609. The lowest BCUT2D eigenvalue weighted by molar-refractivity contribution is -0.385. The van der Waals surface area contributed by atoms with E-state index in [-0.39, 0.29) is 16.3 Å². The molecule has 0 radical (unpaired) electrons. The molecule has 24 heavy (non-hydrogen) atoms. The molecular weight excluding hydrogens is 332 g/mol.